The van der Waals surface area contributed by atoms with Gasteiger partial charge in [-0.25, -0.2) is 0 Å². The minimum atomic E-state index is -0.682. The molecular weight excluding hydrogens is 332 g/mol. The Morgan fingerprint density at radius 3 is 2.32 bits per heavy atom. The summed E-state index contributed by atoms with van der Waals surface area (Å²) in [6.45, 7) is 5.38. The number of hydrogen-bond acceptors (Lipinski definition) is 3. The number of likely N-dealkylation sites (N-methyl/N-ethyl adjacent to an activating group) is 1. The van der Waals surface area contributed by atoms with Crippen LogP contribution in [0.2, 0.25) is 0 Å². The van der Waals surface area contributed by atoms with Crippen molar-refractivity contribution in [3.8, 4) is 0 Å². The maximum absolute atomic E-state index is 13.0. The standard InChI is InChI=1S/C20H30N2O2S/c1-3-22(4-2)19(24)20(14-9-6-10-15-20)21-18(23)13-16-25-17-11-7-5-8-12-17/h5,7-8,11-12H,3-4,6,9-10,13-16H2,1-2H3,(H,21,23). The molecule has 0 aromatic heterocycles. The molecule has 2 rings (SSSR count). The second-order valence-corrected chi connectivity index (χ2v) is 7.75. The van der Waals surface area contributed by atoms with E-state index in [4.69, 9.17) is 0 Å². The predicted molar refractivity (Wildman–Crippen MR) is 104 cm³/mol. The molecule has 1 N–H and O–H groups in total. The van der Waals surface area contributed by atoms with Crippen LogP contribution >= 0.6 is 11.8 Å². The van der Waals surface area contributed by atoms with E-state index in [0.29, 0.717) is 19.5 Å². The predicted octanol–water partition coefficient (Wildman–Crippen LogP) is 3.86. The first-order chi connectivity index (χ1) is 12.1. The van der Waals surface area contributed by atoms with Crippen LogP contribution in [-0.2, 0) is 9.59 Å². The van der Waals surface area contributed by atoms with Crippen molar-refractivity contribution in [1.29, 1.82) is 0 Å². The van der Waals surface area contributed by atoms with E-state index < -0.39 is 5.54 Å². The molecule has 4 nitrogen and oxygen atoms in total. The molecule has 2 amide bonds. The number of carbonyl (C=O) groups is 2. The minimum absolute atomic E-state index is 0.00848. The molecule has 1 saturated carbocycles. The Hall–Kier alpha value is -1.49. The summed E-state index contributed by atoms with van der Waals surface area (Å²) in [5.74, 6) is 0.817. The van der Waals surface area contributed by atoms with Crippen molar-refractivity contribution < 1.29 is 9.59 Å². The van der Waals surface area contributed by atoms with Crippen LogP contribution in [0.1, 0.15) is 52.4 Å². The number of hydrogen-bond donors (Lipinski definition) is 1. The fraction of sp³-hybridized carbons (Fsp3) is 0.600. The summed E-state index contributed by atoms with van der Waals surface area (Å²) in [5, 5.41) is 3.12. The van der Waals surface area contributed by atoms with Crippen molar-refractivity contribution in [2.75, 3.05) is 18.8 Å². The second kappa shape index (κ2) is 9.85. The number of nitrogens with one attached hydrogen (secondary N) is 1. The average Bonchev–Trinajstić information content (AvgIpc) is 2.64. The van der Waals surface area contributed by atoms with Gasteiger partial charge in [0.25, 0.3) is 0 Å². The Bertz CT molecular complexity index is 552. The van der Waals surface area contributed by atoms with E-state index in [1.165, 1.54) is 4.90 Å². The Morgan fingerprint density at radius 1 is 1.08 bits per heavy atom. The molecule has 1 aliphatic rings. The van der Waals surface area contributed by atoms with Crippen molar-refractivity contribution in [2.24, 2.45) is 0 Å². The lowest BCUT2D eigenvalue weighted by atomic mass is 9.80. The third-order valence-electron chi connectivity index (χ3n) is 4.89. The molecular formula is C20H30N2O2S. The van der Waals surface area contributed by atoms with Gasteiger partial charge < -0.3 is 10.2 Å². The number of nitrogens with zero attached hydrogens (tertiary/aromatic N) is 1. The molecule has 0 bridgehead atoms. The third kappa shape index (κ3) is 5.50. The van der Waals surface area contributed by atoms with Gasteiger partial charge in [0.15, 0.2) is 0 Å². The summed E-state index contributed by atoms with van der Waals surface area (Å²) < 4.78 is 0. The monoisotopic (exact) mass is 362 g/mol. The Morgan fingerprint density at radius 2 is 1.72 bits per heavy atom. The number of amides is 2. The molecule has 0 atom stereocenters. The molecule has 1 fully saturated rings. The van der Waals surface area contributed by atoms with Crippen LogP contribution in [0.25, 0.3) is 0 Å². The van der Waals surface area contributed by atoms with Crippen LogP contribution in [-0.4, -0.2) is 41.1 Å². The smallest absolute Gasteiger partial charge is 0.248 e. The van der Waals surface area contributed by atoms with Crippen LogP contribution in [0.5, 0.6) is 0 Å². The number of carbonyl (C=O) groups excluding carboxylic acids is 2. The van der Waals surface area contributed by atoms with Crippen LogP contribution in [0.3, 0.4) is 0 Å². The van der Waals surface area contributed by atoms with Gasteiger partial charge in [-0.3, -0.25) is 9.59 Å². The van der Waals surface area contributed by atoms with Crippen LogP contribution < -0.4 is 5.32 Å². The summed E-state index contributed by atoms with van der Waals surface area (Å²) in [6.07, 6.45) is 5.12. The van der Waals surface area contributed by atoms with E-state index in [1.807, 2.05) is 36.9 Å². The quantitative estimate of drug-likeness (QED) is 0.715. The van der Waals surface area contributed by atoms with Gasteiger partial charge in [0.05, 0.1) is 0 Å². The molecule has 138 valence electrons. The van der Waals surface area contributed by atoms with E-state index in [1.54, 1.807) is 11.8 Å². The van der Waals surface area contributed by atoms with E-state index in [-0.39, 0.29) is 11.8 Å². The molecule has 0 saturated heterocycles. The molecule has 1 aromatic rings. The lowest BCUT2D eigenvalue weighted by Crippen LogP contribution is -2.60. The summed E-state index contributed by atoms with van der Waals surface area (Å²) >= 11 is 1.68. The van der Waals surface area contributed by atoms with Gasteiger partial charge in [-0.15, -0.1) is 11.8 Å². The van der Waals surface area contributed by atoms with Crippen LogP contribution in [0.4, 0.5) is 0 Å². The maximum atomic E-state index is 13.0. The zero-order chi connectivity index (χ0) is 18.1. The van der Waals surface area contributed by atoms with Gasteiger partial charge in [-0.05, 0) is 38.8 Å². The van der Waals surface area contributed by atoms with E-state index in [9.17, 15) is 9.59 Å². The SMILES string of the molecule is CCN(CC)C(=O)C1(NC(=O)CCSc2ccccc2)CCCCC1. The normalized spacial score (nSPS) is 16.2. The fourth-order valence-electron chi connectivity index (χ4n) is 3.47. The summed E-state index contributed by atoms with van der Waals surface area (Å²) in [5.41, 5.74) is -0.682. The number of thioether (sulfide) groups is 1. The van der Waals surface area contributed by atoms with Crippen molar-refractivity contribution in [3.63, 3.8) is 0 Å². The lowest BCUT2D eigenvalue weighted by molar-refractivity contribution is -0.143. The Balaban J connectivity index is 1.94. The van der Waals surface area contributed by atoms with Gasteiger partial charge in [-0.1, -0.05) is 37.5 Å². The highest BCUT2D eigenvalue weighted by atomic mass is 32.2. The lowest BCUT2D eigenvalue weighted by Gasteiger charge is -2.40. The minimum Gasteiger partial charge on any atom is -0.342 e. The topological polar surface area (TPSA) is 49.4 Å². The fourth-order valence-corrected chi connectivity index (χ4v) is 4.34. The van der Waals surface area contributed by atoms with Gasteiger partial charge in [0.1, 0.15) is 5.54 Å². The molecule has 0 heterocycles. The Kier molecular flexibility index (Phi) is 7.82. The van der Waals surface area contributed by atoms with Gasteiger partial charge in [0.2, 0.25) is 11.8 Å². The first kappa shape index (κ1) is 19.8. The van der Waals surface area contributed by atoms with Gasteiger partial charge in [-0.2, -0.15) is 0 Å². The van der Waals surface area contributed by atoms with Crippen LogP contribution in [0, 0.1) is 0 Å². The molecule has 1 aromatic carbocycles. The number of benzene rings is 1. The third-order valence-corrected chi connectivity index (χ3v) is 5.90. The largest absolute Gasteiger partial charge is 0.342 e. The second-order valence-electron chi connectivity index (χ2n) is 6.58. The van der Waals surface area contributed by atoms with Crippen molar-refractivity contribution in [1.82, 2.24) is 10.2 Å². The summed E-state index contributed by atoms with van der Waals surface area (Å²) in [7, 11) is 0. The van der Waals surface area contributed by atoms with E-state index in [0.717, 1.165) is 37.9 Å². The molecule has 0 unspecified atom stereocenters. The highest BCUT2D eigenvalue weighted by Gasteiger charge is 2.42. The number of rotatable bonds is 8. The molecule has 25 heavy (non-hydrogen) atoms. The van der Waals surface area contributed by atoms with Crippen molar-refractivity contribution in [3.05, 3.63) is 30.3 Å². The molecule has 1 aliphatic carbocycles. The summed E-state index contributed by atoms with van der Waals surface area (Å²) in [4.78, 5) is 28.6. The molecule has 0 radical (unpaired) electrons. The van der Waals surface area contributed by atoms with Crippen molar-refractivity contribution in [2.45, 2.75) is 62.8 Å². The first-order valence-electron chi connectivity index (χ1n) is 9.39. The zero-order valence-electron chi connectivity index (χ0n) is 15.4. The summed E-state index contributed by atoms with van der Waals surface area (Å²) in [6, 6.07) is 10.1. The molecule has 0 aliphatic heterocycles. The molecule has 5 heteroatoms. The highest BCUT2D eigenvalue weighted by Crippen LogP contribution is 2.30. The van der Waals surface area contributed by atoms with Crippen molar-refractivity contribution >= 4 is 23.6 Å². The van der Waals surface area contributed by atoms with Gasteiger partial charge in [0, 0.05) is 30.2 Å². The Labute approximate surface area is 155 Å². The molecule has 0 spiro atoms. The first-order valence-corrected chi connectivity index (χ1v) is 10.4. The van der Waals surface area contributed by atoms with Crippen LogP contribution in [0.15, 0.2) is 35.2 Å². The van der Waals surface area contributed by atoms with Gasteiger partial charge >= 0.3 is 0 Å². The highest BCUT2D eigenvalue weighted by molar-refractivity contribution is 7.99. The maximum Gasteiger partial charge on any atom is 0.248 e. The van der Waals surface area contributed by atoms with E-state index in [2.05, 4.69) is 17.4 Å². The average molecular weight is 363 g/mol. The zero-order valence-corrected chi connectivity index (χ0v) is 16.2. The van der Waals surface area contributed by atoms with E-state index >= 15 is 0 Å².